The summed E-state index contributed by atoms with van der Waals surface area (Å²) < 4.78 is 1.73. The van der Waals surface area contributed by atoms with Crippen LogP contribution in [-0.2, 0) is 11.3 Å². The van der Waals surface area contributed by atoms with Gasteiger partial charge >= 0.3 is 0 Å². The van der Waals surface area contributed by atoms with E-state index in [0.29, 0.717) is 17.6 Å². The fourth-order valence-electron chi connectivity index (χ4n) is 1.27. The molecular formula is C11H19N5OS. The highest BCUT2D eigenvalue weighted by atomic mass is 32.2. The van der Waals surface area contributed by atoms with Crippen LogP contribution >= 0.6 is 11.8 Å². The summed E-state index contributed by atoms with van der Waals surface area (Å²) in [5.74, 6) is 0.414. The number of carbonyl (C=O) groups is 1. The Morgan fingerprint density at radius 3 is 2.89 bits per heavy atom. The van der Waals surface area contributed by atoms with Crippen molar-refractivity contribution in [3.8, 4) is 0 Å². The van der Waals surface area contributed by atoms with E-state index in [1.165, 1.54) is 11.8 Å². The number of tetrazole rings is 1. The van der Waals surface area contributed by atoms with Gasteiger partial charge in [0, 0.05) is 13.1 Å². The van der Waals surface area contributed by atoms with Gasteiger partial charge in [0.15, 0.2) is 0 Å². The third kappa shape index (κ3) is 4.48. The minimum atomic E-state index is -0.234. The number of carbonyl (C=O) groups excluding carboxylic acids is 1. The molecule has 1 heterocycles. The lowest BCUT2D eigenvalue weighted by Gasteiger charge is -2.11. The van der Waals surface area contributed by atoms with E-state index in [1.54, 1.807) is 10.8 Å². The van der Waals surface area contributed by atoms with Crippen molar-refractivity contribution in [1.29, 1.82) is 0 Å². The molecule has 0 saturated heterocycles. The van der Waals surface area contributed by atoms with Crippen molar-refractivity contribution in [1.82, 2.24) is 25.5 Å². The molecule has 0 bridgehead atoms. The molecule has 0 aliphatic rings. The fraction of sp³-hybridized carbons (Fsp3) is 0.636. The van der Waals surface area contributed by atoms with Crippen LogP contribution in [0.15, 0.2) is 17.8 Å². The molecule has 0 spiro atoms. The van der Waals surface area contributed by atoms with Gasteiger partial charge in [0.2, 0.25) is 11.1 Å². The Morgan fingerprint density at radius 1 is 1.56 bits per heavy atom. The molecular weight excluding hydrogens is 250 g/mol. The van der Waals surface area contributed by atoms with Gasteiger partial charge in [0.25, 0.3) is 0 Å². The summed E-state index contributed by atoms with van der Waals surface area (Å²) in [7, 11) is 0. The standard InChI is InChI=1S/C11H19N5OS/c1-5-6-12-10(17)9(4)18-11-13-14-15-16(11)7-8(2)3/h5,8-9H,1,6-7H2,2-4H3,(H,12,17). The third-order valence-electron chi connectivity index (χ3n) is 2.11. The predicted octanol–water partition coefficient (Wildman–Crippen LogP) is 1.11. The molecule has 1 N–H and O–H groups in total. The number of nitrogens with zero attached hydrogens (tertiary/aromatic N) is 4. The van der Waals surface area contributed by atoms with Crippen molar-refractivity contribution in [3.05, 3.63) is 12.7 Å². The van der Waals surface area contributed by atoms with Gasteiger partial charge in [-0.05, 0) is 23.3 Å². The molecule has 1 unspecified atom stereocenters. The molecule has 1 aromatic rings. The Labute approximate surface area is 111 Å². The highest BCUT2D eigenvalue weighted by molar-refractivity contribution is 8.00. The molecule has 0 aliphatic heterocycles. The van der Waals surface area contributed by atoms with E-state index in [0.717, 1.165) is 6.54 Å². The predicted molar refractivity (Wildman–Crippen MR) is 71.2 cm³/mol. The van der Waals surface area contributed by atoms with Crippen molar-refractivity contribution in [3.63, 3.8) is 0 Å². The van der Waals surface area contributed by atoms with Crippen LogP contribution in [-0.4, -0.2) is 37.9 Å². The van der Waals surface area contributed by atoms with Crippen LogP contribution in [0.3, 0.4) is 0 Å². The summed E-state index contributed by atoms with van der Waals surface area (Å²) in [5.41, 5.74) is 0. The highest BCUT2D eigenvalue weighted by Gasteiger charge is 2.18. The molecule has 7 heteroatoms. The number of hydrogen-bond acceptors (Lipinski definition) is 5. The normalized spacial score (nSPS) is 12.4. The first kappa shape index (κ1) is 14.7. The minimum Gasteiger partial charge on any atom is -0.352 e. The Balaban J connectivity index is 2.58. The van der Waals surface area contributed by atoms with Gasteiger partial charge in [-0.15, -0.1) is 11.7 Å². The summed E-state index contributed by atoms with van der Waals surface area (Å²) in [6.07, 6.45) is 1.65. The lowest BCUT2D eigenvalue weighted by atomic mass is 10.2. The van der Waals surface area contributed by atoms with Gasteiger partial charge < -0.3 is 5.32 Å². The molecule has 0 radical (unpaired) electrons. The van der Waals surface area contributed by atoms with Gasteiger partial charge in [0.1, 0.15) is 0 Å². The average Bonchev–Trinajstić information content (AvgIpc) is 2.72. The smallest absolute Gasteiger partial charge is 0.233 e. The first-order valence-electron chi connectivity index (χ1n) is 5.86. The van der Waals surface area contributed by atoms with E-state index in [1.807, 2.05) is 6.92 Å². The molecule has 100 valence electrons. The Hall–Kier alpha value is -1.37. The molecule has 1 amide bonds. The van der Waals surface area contributed by atoms with Crippen molar-refractivity contribution in [2.45, 2.75) is 37.7 Å². The fourth-order valence-corrected chi connectivity index (χ4v) is 2.09. The summed E-state index contributed by atoms with van der Waals surface area (Å²) in [6.45, 7) is 10.8. The molecule has 0 aromatic carbocycles. The van der Waals surface area contributed by atoms with Crippen molar-refractivity contribution < 1.29 is 4.79 Å². The molecule has 1 rings (SSSR count). The second-order valence-corrected chi connectivity index (χ2v) is 5.64. The van der Waals surface area contributed by atoms with Gasteiger partial charge in [0.05, 0.1) is 5.25 Å². The number of rotatable bonds is 7. The molecule has 0 saturated carbocycles. The van der Waals surface area contributed by atoms with Crippen LogP contribution in [0.1, 0.15) is 20.8 Å². The maximum Gasteiger partial charge on any atom is 0.233 e. The SMILES string of the molecule is C=CCNC(=O)C(C)Sc1nnnn1CC(C)C. The molecule has 6 nitrogen and oxygen atoms in total. The molecule has 0 fully saturated rings. The van der Waals surface area contributed by atoms with E-state index < -0.39 is 0 Å². The summed E-state index contributed by atoms with van der Waals surface area (Å²) in [4.78, 5) is 11.7. The zero-order chi connectivity index (χ0) is 13.5. The second-order valence-electron chi connectivity index (χ2n) is 4.33. The van der Waals surface area contributed by atoms with Gasteiger partial charge in [-0.1, -0.05) is 31.7 Å². The van der Waals surface area contributed by atoms with E-state index in [4.69, 9.17) is 0 Å². The van der Waals surface area contributed by atoms with Gasteiger partial charge in [-0.25, -0.2) is 4.68 Å². The Kier molecular flexibility index (Phi) is 5.84. The number of nitrogens with one attached hydrogen (secondary N) is 1. The van der Waals surface area contributed by atoms with E-state index in [-0.39, 0.29) is 11.2 Å². The number of hydrogen-bond donors (Lipinski definition) is 1. The van der Waals surface area contributed by atoms with Crippen molar-refractivity contribution in [2.24, 2.45) is 5.92 Å². The zero-order valence-corrected chi connectivity index (χ0v) is 11.8. The third-order valence-corrected chi connectivity index (χ3v) is 3.18. The minimum absolute atomic E-state index is 0.0426. The van der Waals surface area contributed by atoms with E-state index in [9.17, 15) is 4.79 Å². The van der Waals surface area contributed by atoms with Crippen molar-refractivity contribution in [2.75, 3.05) is 6.54 Å². The molecule has 0 aliphatic carbocycles. The zero-order valence-electron chi connectivity index (χ0n) is 11.0. The monoisotopic (exact) mass is 269 g/mol. The maximum atomic E-state index is 11.7. The lowest BCUT2D eigenvalue weighted by molar-refractivity contribution is -0.120. The quantitative estimate of drug-likeness (QED) is 0.593. The number of aromatic nitrogens is 4. The van der Waals surface area contributed by atoms with Gasteiger partial charge in [-0.2, -0.15) is 0 Å². The van der Waals surface area contributed by atoms with Gasteiger partial charge in [-0.3, -0.25) is 4.79 Å². The van der Waals surface area contributed by atoms with Crippen LogP contribution in [0.25, 0.3) is 0 Å². The summed E-state index contributed by atoms with van der Waals surface area (Å²) >= 11 is 1.36. The summed E-state index contributed by atoms with van der Waals surface area (Å²) in [5, 5.41) is 14.7. The van der Waals surface area contributed by atoms with Crippen LogP contribution in [0.4, 0.5) is 0 Å². The number of thioether (sulfide) groups is 1. The van der Waals surface area contributed by atoms with E-state index in [2.05, 4.69) is 41.3 Å². The molecule has 18 heavy (non-hydrogen) atoms. The molecule has 1 atom stereocenters. The van der Waals surface area contributed by atoms with E-state index >= 15 is 0 Å². The van der Waals surface area contributed by atoms with Crippen molar-refractivity contribution >= 4 is 17.7 Å². The van der Waals surface area contributed by atoms with Crippen LogP contribution in [0.2, 0.25) is 0 Å². The largest absolute Gasteiger partial charge is 0.352 e. The van der Waals surface area contributed by atoms with Crippen LogP contribution in [0, 0.1) is 5.92 Å². The Morgan fingerprint density at radius 2 is 2.28 bits per heavy atom. The number of amides is 1. The lowest BCUT2D eigenvalue weighted by Crippen LogP contribution is -2.31. The van der Waals surface area contributed by atoms with Crippen LogP contribution in [0.5, 0.6) is 0 Å². The molecule has 1 aromatic heterocycles. The average molecular weight is 269 g/mol. The first-order valence-corrected chi connectivity index (χ1v) is 6.74. The summed E-state index contributed by atoms with van der Waals surface area (Å²) in [6, 6.07) is 0. The Bertz CT molecular complexity index is 404. The first-order chi connectivity index (χ1) is 8.54. The van der Waals surface area contributed by atoms with Crippen LogP contribution < -0.4 is 5.32 Å². The maximum absolute atomic E-state index is 11.7. The highest BCUT2D eigenvalue weighted by Crippen LogP contribution is 2.20. The topological polar surface area (TPSA) is 72.7 Å². The second kappa shape index (κ2) is 7.15.